The van der Waals surface area contributed by atoms with Crippen molar-refractivity contribution in [1.82, 2.24) is 10.6 Å². The second-order valence-electron chi connectivity index (χ2n) is 3.13. The first-order valence-corrected chi connectivity index (χ1v) is 4.70. The molecule has 0 saturated carbocycles. The Bertz CT molecular complexity index is 143. The first-order valence-electron chi connectivity index (χ1n) is 4.22. The molecule has 1 fully saturated rings. The van der Waals surface area contributed by atoms with Crippen LogP contribution in [0.1, 0.15) is 26.7 Å². The molecule has 1 rings (SSSR count). The Kier molecular flexibility index (Phi) is 2.98. The molecule has 11 heavy (non-hydrogen) atoms. The van der Waals surface area contributed by atoms with Crippen LogP contribution in [0.5, 0.6) is 0 Å². The number of rotatable bonds is 3. The molecule has 1 atom stereocenters. The number of hydrogen-bond acceptors (Lipinski definition) is 3. The molecule has 0 aliphatic carbocycles. The van der Waals surface area contributed by atoms with Crippen molar-refractivity contribution in [3.05, 3.63) is 0 Å². The lowest BCUT2D eigenvalue weighted by molar-refractivity contribution is 0.366. The summed E-state index contributed by atoms with van der Waals surface area (Å²) in [5.41, 5.74) is 0.292. The van der Waals surface area contributed by atoms with Gasteiger partial charge in [-0.15, -0.1) is 0 Å². The highest BCUT2D eigenvalue weighted by Gasteiger charge is 2.33. The van der Waals surface area contributed by atoms with Crippen LogP contribution in [0.4, 0.5) is 0 Å². The molecule has 1 aliphatic heterocycles. The smallest absolute Gasteiger partial charge is 0.0874 e. The second kappa shape index (κ2) is 3.61. The lowest BCUT2D eigenvalue weighted by atomic mass is 9.94. The molecule has 1 unspecified atom stereocenters. The first kappa shape index (κ1) is 9.10. The van der Waals surface area contributed by atoms with Crippen LogP contribution < -0.4 is 10.6 Å². The predicted octanol–water partition coefficient (Wildman–Crippen LogP) is 1.06. The lowest BCUT2D eigenvalue weighted by Crippen LogP contribution is -2.44. The van der Waals surface area contributed by atoms with Crippen molar-refractivity contribution < 1.29 is 0 Å². The number of hydrogen-bond donors (Lipinski definition) is 2. The van der Waals surface area contributed by atoms with E-state index in [1.165, 1.54) is 0 Å². The van der Waals surface area contributed by atoms with Gasteiger partial charge in [-0.3, -0.25) is 10.6 Å². The van der Waals surface area contributed by atoms with Crippen molar-refractivity contribution in [1.29, 1.82) is 0 Å². The molecule has 1 saturated heterocycles. The molecule has 0 aromatic rings. The summed E-state index contributed by atoms with van der Waals surface area (Å²) < 4.78 is 0. The van der Waals surface area contributed by atoms with Crippen molar-refractivity contribution in [2.24, 2.45) is 0 Å². The van der Waals surface area contributed by atoms with Crippen LogP contribution in [-0.2, 0) is 0 Å². The van der Waals surface area contributed by atoms with E-state index in [0.717, 1.165) is 19.4 Å². The van der Waals surface area contributed by atoms with E-state index in [4.69, 9.17) is 12.2 Å². The maximum absolute atomic E-state index is 4.86. The molecule has 0 aromatic heterocycles. The molecule has 0 spiro atoms. The van der Waals surface area contributed by atoms with Crippen molar-refractivity contribution in [3.8, 4) is 0 Å². The summed E-state index contributed by atoms with van der Waals surface area (Å²) in [6.45, 7) is 5.46. The molecule has 0 radical (unpaired) electrons. The van der Waals surface area contributed by atoms with Crippen LogP contribution in [0.2, 0.25) is 0 Å². The van der Waals surface area contributed by atoms with Gasteiger partial charge in [0, 0.05) is 17.5 Å². The molecule has 0 amide bonds. The quantitative estimate of drug-likeness (QED) is 0.623. The Morgan fingerprint density at radius 3 is 2.45 bits per heavy atom. The largest absolute Gasteiger partial charge is 0.296 e. The average Bonchev–Trinajstić information content (AvgIpc) is 2.49. The molecule has 0 aromatic carbocycles. The Balaban J connectivity index is 2.54. The van der Waals surface area contributed by atoms with Crippen molar-refractivity contribution in [3.63, 3.8) is 0 Å². The molecular formula is C8H16N2S. The van der Waals surface area contributed by atoms with E-state index >= 15 is 0 Å². The van der Waals surface area contributed by atoms with Crippen LogP contribution in [0.25, 0.3) is 0 Å². The van der Waals surface area contributed by atoms with Crippen LogP contribution in [0.15, 0.2) is 0 Å². The fourth-order valence-corrected chi connectivity index (χ4v) is 1.69. The summed E-state index contributed by atoms with van der Waals surface area (Å²) in [5, 5.41) is 8.57. The molecule has 1 heterocycles. The number of thiocarbonyl (C=S) groups is 1. The molecule has 0 bridgehead atoms. The van der Waals surface area contributed by atoms with Gasteiger partial charge < -0.3 is 0 Å². The maximum atomic E-state index is 4.86. The molecule has 3 heteroatoms. The SMILES string of the molecule is CCC1(CC)CNC(C=S)N1. The Hall–Kier alpha value is 0.01000. The maximum Gasteiger partial charge on any atom is 0.0874 e. The summed E-state index contributed by atoms with van der Waals surface area (Å²) in [7, 11) is 0. The van der Waals surface area contributed by atoms with Crippen molar-refractivity contribution in [2.75, 3.05) is 6.54 Å². The van der Waals surface area contributed by atoms with Crippen LogP contribution in [0.3, 0.4) is 0 Å². The first-order chi connectivity index (χ1) is 5.26. The van der Waals surface area contributed by atoms with Gasteiger partial charge in [-0.25, -0.2) is 0 Å². The fourth-order valence-electron chi connectivity index (χ4n) is 1.52. The Morgan fingerprint density at radius 1 is 1.55 bits per heavy atom. The normalized spacial score (nSPS) is 28.7. The zero-order valence-corrected chi connectivity index (χ0v) is 8.00. The Morgan fingerprint density at radius 2 is 2.18 bits per heavy atom. The van der Waals surface area contributed by atoms with Gasteiger partial charge in [0.05, 0.1) is 6.17 Å². The minimum absolute atomic E-state index is 0.241. The summed E-state index contributed by atoms with van der Waals surface area (Å²) in [4.78, 5) is 0. The van der Waals surface area contributed by atoms with Gasteiger partial charge in [0.15, 0.2) is 0 Å². The second-order valence-corrected chi connectivity index (χ2v) is 3.40. The van der Waals surface area contributed by atoms with E-state index in [1.807, 2.05) is 0 Å². The van der Waals surface area contributed by atoms with Crippen LogP contribution in [0, 0.1) is 0 Å². The van der Waals surface area contributed by atoms with E-state index in [2.05, 4.69) is 24.5 Å². The third-order valence-corrected chi connectivity index (χ3v) is 2.88. The minimum Gasteiger partial charge on any atom is -0.296 e. The van der Waals surface area contributed by atoms with Crippen molar-refractivity contribution >= 4 is 17.6 Å². The lowest BCUT2D eigenvalue weighted by Gasteiger charge is -2.25. The highest BCUT2D eigenvalue weighted by atomic mass is 32.1. The van der Waals surface area contributed by atoms with E-state index in [9.17, 15) is 0 Å². The fraction of sp³-hybridized carbons (Fsp3) is 0.875. The van der Waals surface area contributed by atoms with Gasteiger partial charge in [0.2, 0.25) is 0 Å². The highest BCUT2D eigenvalue weighted by molar-refractivity contribution is 7.79. The molecular weight excluding hydrogens is 156 g/mol. The van der Waals surface area contributed by atoms with Crippen LogP contribution in [-0.4, -0.2) is 23.6 Å². The van der Waals surface area contributed by atoms with E-state index < -0.39 is 0 Å². The average molecular weight is 172 g/mol. The topological polar surface area (TPSA) is 24.1 Å². The van der Waals surface area contributed by atoms with Crippen molar-refractivity contribution in [2.45, 2.75) is 38.4 Å². The van der Waals surface area contributed by atoms with Gasteiger partial charge in [0.1, 0.15) is 0 Å². The predicted molar refractivity (Wildman–Crippen MR) is 51.9 cm³/mol. The third-order valence-electron chi connectivity index (χ3n) is 2.61. The van der Waals surface area contributed by atoms with Gasteiger partial charge in [0.25, 0.3) is 0 Å². The zero-order chi connectivity index (χ0) is 8.32. The number of nitrogens with one attached hydrogen (secondary N) is 2. The summed E-state index contributed by atoms with van der Waals surface area (Å²) in [5.74, 6) is 0. The monoisotopic (exact) mass is 172 g/mol. The standard InChI is InChI=1S/C8H16N2S/c1-3-8(4-2)6-9-7(5-11)10-8/h5,7,9-10H,3-4,6H2,1-2H3. The van der Waals surface area contributed by atoms with Gasteiger partial charge in [-0.05, 0) is 12.8 Å². The molecule has 1 aliphatic rings. The highest BCUT2D eigenvalue weighted by Crippen LogP contribution is 2.18. The molecule has 2 N–H and O–H groups in total. The zero-order valence-electron chi connectivity index (χ0n) is 7.18. The van der Waals surface area contributed by atoms with E-state index in [-0.39, 0.29) is 6.17 Å². The Labute approximate surface area is 73.7 Å². The summed E-state index contributed by atoms with van der Waals surface area (Å²) in [6.07, 6.45) is 2.57. The molecule has 64 valence electrons. The summed E-state index contributed by atoms with van der Waals surface area (Å²) in [6, 6.07) is 0. The van der Waals surface area contributed by atoms with E-state index in [1.54, 1.807) is 5.37 Å². The van der Waals surface area contributed by atoms with Gasteiger partial charge >= 0.3 is 0 Å². The third kappa shape index (κ3) is 1.78. The summed E-state index contributed by atoms with van der Waals surface area (Å²) >= 11 is 4.86. The molecule has 2 nitrogen and oxygen atoms in total. The van der Waals surface area contributed by atoms with Crippen LogP contribution >= 0.6 is 12.2 Å². The van der Waals surface area contributed by atoms with E-state index in [0.29, 0.717) is 5.54 Å². The van der Waals surface area contributed by atoms with Gasteiger partial charge in [-0.1, -0.05) is 26.1 Å². The van der Waals surface area contributed by atoms with Gasteiger partial charge in [-0.2, -0.15) is 0 Å². The minimum atomic E-state index is 0.241.